The second-order valence-electron chi connectivity index (χ2n) is 4.34. The molecule has 0 saturated heterocycles. The number of nitrogens with zero attached hydrogens (tertiary/aromatic N) is 6. The van der Waals surface area contributed by atoms with Crippen LogP contribution in [0.15, 0.2) is 36.4 Å². The van der Waals surface area contributed by atoms with Crippen molar-refractivity contribution < 1.29 is 0 Å². The van der Waals surface area contributed by atoms with Gasteiger partial charge in [0.1, 0.15) is 0 Å². The number of hydrogen-bond donors (Lipinski definition) is 0. The lowest BCUT2D eigenvalue weighted by molar-refractivity contribution is 0.714. The third-order valence-electron chi connectivity index (χ3n) is 3.22. The Kier molecular flexibility index (Phi) is 1.85. The Morgan fingerprint density at radius 3 is 2.50 bits per heavy atom. The third-order valence-corrected chi connectivity index (χ3v) is 3.22. The lowest BCUT2D eigenvalue weighted by Crippen LogP contribution is -2.17. The van der Waals surface area contributed by atoms with Gasteiger partial charge in [-0.1, -0.05) is 24.3 Å². The highest BCUT2D eigenvalue weighted by molar-refractivity contribution is 5.49. The fraction of sp³-hybridized carbons (Fsp3) is 0.167. The van der Waals surface area contributed by atoms with Crippen LogP contribution in [0.2, 0.25) is 0 Å². The van der Waals surface area contributed by atoms with Crippen LogP contribution in [0.5, 0.6) is 0 Å². The van der Waals surface area contributed by atoms with Gasteiger partial charge in [-0.05, 0) is 33.7 Å². The number of benzene rings is 1. The maximum atomic E-state index is 4.41. The predicted molar refractivity (Wildman–Crippen MR) is 64.9 cm³/mol. The fourth-order valence-electron chi connectivity index (χ4n) is 2.30. The number of tetrazole rings is 1. The monoisotopic (exact) mass is 238 g/mol. The van der Waals surface area contributed by atoms with Gasteiger partial charge in [0.05, 0.1) is 0 Å². The Balaban J connectivity index is 1.73. The maximum absolute atomic E-state index is 4.41. The van der Waals surface area contributed by atoms with Crippen molar-refractivity contribution in [3.63, 3.8) is 0 Å². The molecule has 0 unspecified atom stereocenters. The summed E-state index contributed by atoms with van der Waals surface area (Å²) in [5.41, 5.74) is 3.38. The number of aromatic nitrogens is 5. The molecular formula is C12H10N6. The number of fused-ring (bicyclic) bond motifs is 2. The molecular weight excluding hydrogens is 228 g/mol. The molecule has 1 aromatic carbocycles. The average Bonchev–Trinajstić information content (AvgIpc) is 3.04. The first kappa shape index (κ1) is 9.52. The molecule has 0 aliphatic carbocycles. The lowest BCUT2D eigenvalue weighted by Gasteiger charge is -2.15. The van der Waals surface area contributed by atoms with E-state index in [-0.39, 0.29) is 0 Å². The highest BCUT2D eigenvalue weighted by atomic mass is 15.6. The van der Waals surface area contributed by atoms with E-state index >= 15 is 0 Å². The molecule has 0 bridgehead atoms. The molecule has 2 aromatic heterocycles. The summed E-state index contributed by atoms with van der Waals surface area (Å²) < 4.78 is 1.46. The van der Waals surface area contributed by atoms with Gasteiger partial charge in [0.15, 0.2) is 11.5 Å². The summed E-state index contributed by atoms with van der Waals surface area (Å²) in [7, 11) is 0. The second-order valence-corrected chi connectivity index (χ2v) is 4.34. The van der Waals surface area contributed by atoms with Gasteiger partial charge in [0.2, 0.25) is 0 Å². The molecule has 3 aromatic rings. The van der Waals surface area contributed by atoms with Gasteiger partial charge in [0, 0.05) is 13.1 Å². The van der Waals surface area contributed by atoms with E-state index < -0.39 is 0 Å². The second kappa shape index (κ2) is 3.49. The fourth-order valence-corrected chi connectivity index (χ4v) is 2.30. The molecule has 3 heterocycles. The van der Waals surface area contributed by atoms with E-state index in [1.807, 2.05) is 12.1 Å². The summed E-state index contributed by atoms with van der Waals surface area (Å²) in [6.07, 6.45) is 0. The molecule has 1 aliphatic heterocycles. The Morgan fingerprint density at radius 1 is 0.944 bits per heavy atom. The average molecular weight is 238 g/mol. The SMILES string of the molecule is c1ccc2c(c1)CN(c1ccc3nnnn3n1)C2. The zero-order valence-electron chi connectivity index (χ0n) is 9.56. The van der Waals surface area contributed by atoms with E-state index in [1.165, 1.54) is 15.8 Å². The van der Waals surface area contributed by atoms with Gasteiger partial charge in [0.25, 0.3) is 0 Å². The summed E-state index contributed by atoms with van der Waals surface area (Å²) >= 11 is 0. The van der Waals surface area contributed by atoms with Crippen molar-refractivity contribution in [2.45, 2.75) is 13.1 Å². The van der Waals surface area contributed by atoms with Crippen LogP contribution in [-0.2, 0) is 13.1 Å². The summed E-state index contributed by atoms with van der Waals surface area (Å²) in [5.74, 6) is 0.894. The highest BCUT2D eigenvalue weighted by Crippen LogP contribution is 2.26. The molecule has 0 radical (unpaired) electrons. The van der Waals surface area contributed by atoms with Crippen LogP contribution in [0.1, 0.15) is 11.1 Å². The van der Waals surface area contributed by atoms with Gasteiger partial charge in [-0.15, -0.1) is 14.8 Å². The van der Waals surface area contributed by atoms with Crippen molar-refractivity contribution in [3.05, 3.63) is 47.5 Å². The first-order valence-electron chi connectivity index (χ1n) is 5.77. The zero-order chi connectivity index (χ0) is 11.9. The van der Waals surface area contributed by atoms with Crippen molar-refractivity contribution >= 4 is 11.5 Å². The van der Waals surface area contributed by atoms with Crippen LogP contribution in [0.25, 0.3) is 5.65 Å². The van der Waals surface area contributed by atoms with Crippen molar-refractivity contribution in [2.75, 3.05) is 4.90 Å². The summed E-state index contributed by atoms with van der Waals surface area (Å²) in [5, 5.41) is 15.7. The minimum absolute atomic E-state index is 0.662. The van der Waals surface area contributed by atoms with E-state index in [9.17, 15) is 0 Å². The molecule has 0 atom stereocenters. The van der Waals surface area contributed by atoms with E-state index in [4.69, 9.17) is 0 Å². The van der Waals surface area contributed by atoms with Gasteiger partial charge >= 0.3 is 0 Å². The predicted octanol–water partition coefficient (Wildman–Crippen LogP) is 1.04. The van der Waals surface area contributed by atoms with E-state index in [2.05, 4.69) is 49.8 Å². The van der Waals surface area contributed by atoms with E-state index in [0.29, 0.717) is 5.65 Å². The van der Waals surface area contributed by atoms with E-state index in [1.54, 1.807) is 0 Å². The van der Waals surface area contributed by atoms with E-state index in [0.717, 1.165) is 18.9 Å². The molecule has 6 nitrogen and oxygen atoms in total. The van der Waals surface area contributed by atoms with Crippen molar-refractivity contribution in [1.82, 2.24) is 25.3 Å². The first-order chi connectivity index (χ1) is 8.90. The van der Waals surface area contributed by atoms with Crippen LogP contribution < -0.4 is 4.90 Å². The molecule has 0 fully saturated rings. The van der Waals surface area contributed by atoms with Crippen LogP contribution in [0, 0.1) is 0 Å². The highest BCUT2D eigenvalue weighted by Gasteiger charge is 2.19. The molecule has 1 aliphatic rings. The van der Waals surface area contributed by atoms with Crippen molar-refractivity contribution in [2.24, 2.45) is 0 Å². The van der Waals surface area contributed by atoms with Crippen LogP contribution in [0.3, 0.4) is 0 Å². The summed E-state index contributed by atoms with van der Waals surface area (Å²) in [6.45, 7) is 1.77. The van der Waals surface area contributed by atoms with Crippen molar-refractivity contribution in [1.29, 1.82) is 0 Å². The Bertz CT molecular complexity index is 694. The molecule has 0 saturated carbocycles. The number of anilines is 1. The Morgan fingerprint density at radius 2 is 1.72 bits per heavy atom. The molecule has 6 heteroatoms. The largest absolute Gasteiger partial charge is 0.346 e. The number of hydrogen-bond acceptors (Lipinski definition) is 5. The van der Waals surface area contributed by atoms with Gasteiger partial charge in [-0.3, -0.25) is 0 Å². The Hall–Kier alpha value is -2.50. The molecule has 0 amide bonds. The molecule has 18 heavy (non-hydrogen) atoms. The molecule has 4 rings (SSSR count). The minimum atomic E-state index is 0.662. The summed E-state index contributed by atoms with van der Waals surface area (Å²) in [6, 6.07) is 12.3. The third kappa shape index (κ3) is 1.35. The quantitative estimate of drug-likeness (QED) is 0.634. The normalized spacial score (nSPS) is 14.1. The van der Waals surface area contributed by atoms with Gasteiger partial charge < -0.3 is 4.90 Å². The number of rotatable bonds is 1. The smallest absolute Gasteiger partial charge is 0.200 e. The topological polar surface area (TPSA) is 59.2 Å². The van der Waals surface area contributed by atoms with Crippen molar-refractivity contribution in [3.8, 4) is 0 Å². The molecule has 88 valence electrons. The van der Waals surface area contributed by atoms with Crippen LogP contribution >= 0.6 is 0 Å². The van der Waals surface area contributed by atoms with Gasteiger partial charge in [-0.2, -0.15) is 0 Å². The minimum Gasteiger partial charge on any atom is -0.346 e. The molecule has 0 spiro atoms. The Labute approximate surface area is 103 Å². The van der Waals surface area contributed by atoms with Crippen LogP contribution in [0.4, 0.5) is 5.82 Å². The summed E-state index contributed by atoms with van der Waals surface area (Å²) in [4.78, 5) is 2.21. The zero-order valence-corrected chi connectivity index (χ0v) is 9.56. The lowest BCUT2D eigenvalue weighted by atomic mass is 10.1. The standard InChI is InChI=1S/C12H10N6/c1-2-4-10-8-17(7-9(10)3-1)12-6-5-11-13-15-16-18(11)14-12/h1-6H,7-8H2. The maximum Gasteiger partial charge on any atom is 0.200 e. The van der Waals surface area contributed by atoms with Gasteiger partial charge in [-0.25, -0.2) is 0 Å². The first-order valence-corrected chi connectivity index (χ1v) is 5.77. The van der Waals surface area contributed by atoms with Crippen LogP contribution in [-0.4, -0.2) is 25.3 Å². The molecule has 0 N–H and O–H groups in total.